The van der Waals surface area contributed by atoms with Gasteiger partial charge in [-0.15, -0.1) is 0 Å². The maximum atomic E-state index is 13.2. The van der Waals surface area contributed by atoms with Crippen LogP contribution in [0.25, 0.3) is 0 Å². The lowest BCUT2D eigenvalue weighted by Crippen LogP contribution is -3.20. The van der Waals surface area contributed by atoms with Crippen molar-refractivity contribution >= 4 is 0 Å². The third kappa shape index (κ3) is 3.76. The average molecular weight is 340 g/mol. The fourth-order valence-electron chi connectivity index (χ4n) is 3.32. The summed E-state index contributed by atoms with van der Waals surface area (Å²) in [6.07, 6.45) is -4.34. The van der Waals surface area contributed by atoms with Crippen LogP contribution in [0.1, 0.15) is 22.7 Å². The zero-order chi connectivity index (χ0) is 17.2. The van der Waals surface area contributed by atoms with Gasteiger partial charge in [-0.05, 0) is 36.4 Å². The van der Waals surface area contributed by atoms with E-state index in [0.717, 1.165) is 49.4 Å². The Balaban J connectivity index is 1.96. The van der Waals surface area contributed by atoms with E-state index in [4.69, 9.17) is 0 Å². The lowest BCUT2D eigenvalue weighted by molar-refractivity contribution is -0.967. The summed E-state index contributed by atoms with van der Waals surface area (Å²) >= 11 is 0. The zero-order valence-electron chi connectivity index (χ0n) is 13.1. The minimum Gasteiger partial charge on any atom is -0.337 e. The third-order valence-corrected chi connectivity index (χ3v) is 4.52. The van der Waals surface area contributed by atoms with Crippen molar-refractivity contribution in [3.05, 3.63) is 71.0 Å². The molecular formula is C18H20F4N2+2. The van der Waals surface area contributed by atoms with Crippen LogP contribution in [-0.2, 0) is 6.18 Å². The van der Waals surface area contributed by atoms with Crippen LogP contribution in [-0.4, -0.2) is 26.2 Å². The van der Waals surface area contributed by atoms with Gasteiger partial charge in [-0.3, -0.25) is 0 Å². The lowest BCUT2D eigenvalue weighted by Gasteiger charge is -2.31. The van der Waals surface area contributed by atoms with E-state index in [1.807, 2.05) is 0 Å². The molecule has 0 unspecified atom stereocenters. The van der Waals surface area contributed by atoms with E-state index >= 15 is 0 Å². The number of nitrogens with one attached hydrogen (secondary N) is 1. The normalized spacial score (nSPS) is 17.7. The summed E-state index contributed by atoms with van der Waals surface area (Å²) < 4.78 is 51.6. The first-order chi connectivity index (χ1) is 11.4. The van der Waals surface area contributed by atoms with Crippen molar-refractivity contribution < 1.29 is 27.8 Å². The van der Waals surface area contributed by atoms with Crippen molar-refractivity contribution in [2.24, 2.45) is 0 Å². The highest BCUT2D eigenvalue weighted by atomic mass is 19.4. The maximum absolute atomic E-state index is 13.2. The standard InChI is InChI=1S/C18H18F4N2/c19-16-7-3-14(4-8-16)17(24-11-9-23-10-12-24)13-1-5-15(6-2-13)18(20,21)22/h1-8,17,23H,9-12H2/p+2/t17-/m1/s1. The molecule has 1 saturated heterocycles. The van der Waals surface area contributed by atoms with Crippen LogP contribution in [0.2, 0.25) is 0 Å². The minimum absolute atomic E-state index is 0.0819. The molecule has 0 saturated carbocycles. The van der Waals surface area contributed by atoms with E-state index in [2.05, 4.69) is 5.32 Å². The largest absolute Gasteiger partial charge is 0.416 e. The molecule has 2 nitrogen and oxygen atoms in total. The Morgan fingerprint density at radius 3 is 1.83 bits per heavy atom. The van der Waals surface area contributed by atoms with Crippen LogP contribution in [0.3, 0.4) is 0 Å². The summed E-state index contributed by atoms with van der Waals surface area (Å²) in [4.78, 5) is 1.30. The van der Waals surface area contributed by atoms with Gasteiger partial charge in [0.15, 0.2) is 0 Å². The summed E-state index contributed by atoms with van der Waals surface area (Å²) in [5.74, 6) is -0.313. The molecule has 1 fully saturated rings. The molecule has 1 aliphatic heterocycles. The average Bonchev–Trinajstić information content (AvgIpc) is 2.58. The van der Waals surface area contributed by atoms with Gasteiger partial charge in [0.05, 0.1) is 5.56 Å². The molecule has 3 rings (SSSR count). The molecule has 128 valence electrons. The van der Waals surface area contributed by atoms with E-state index in [9.17, 15) is 17.6 Å². The fraction of sp³-hybridized carbons (Fsp3) is 0.333. The molecule has 0 aromatic heterocycles. The van der Waals surface area contributed by atoms with Crippen molar-refractivity contribution in [2.45, 2.75) is 12.2 Å². The van der Waals surface area contributed by atoms with Crippen LogP contribution in [0.4, 0.5) is 17.6 Å². The lowest BCUT2D eigenvalue weighted by atomic mass is 9.95. The first-order valence-corrected chi connectivity index (χ1v) is 8.04. The van der Waals surface area contributed by atoms with Crippen LogP contribution < -0.4 is 10.2 Å². The first-order valence-electron chi connectivity index (χ1n) is 8.04. The van der Waals surface area contributed by atoms with Gasteiger partial charge in [0, 0.05) is 11.1 Å². The number of benzene rings is 2. The Hall–Kier alpha value is -1.92. The highest BCUT2D eigenvalue weighted by Crippen LogP contribution is 2.30. The van der Waals surface area contributed by atoms with Crippen molar-refractivity contribution in [2.75, 3.05) is 26.2 Å². The van der Waals surface area contributed by atoms with Gasteiger partial charge in [0.25, 0.3) is 0 Å². The molecule has 0 amide bonds. The molecule has 0 radical (unpaired) electrons. The smallest absolute Gasteiger partial charge is 0.337 e. The monoisotopic (exact) mass is 340 g/mol. The minimum atomic E-state index is -4.34. The molecular weight excluding hydrogens is 320 g/mol. The van der Waals surface area contributed by atoms with Crippen LogP contribution >= 0.6 is 0 Å². The Labute approximate surface area is 138 Å². The number of hydrogen-bond donors (Lipinski definition) is 2. The zero-order valence-corrected chi connectivity index (χ0v) is 13.1. The molecule has 2 aromatic rings. The first kappa shape index (κ1) is 16.9. The number of nitrogens with two attached hydrogens (primary N) is 1. The van der Waals surface area contributed by atoms with Crippen LogP contribution in [0.15, 0.2) is 48.5 Å². The summed E-state index contributed by atoms with van der Waals surface area (Å²) in [6, 6.07) is 11.5. The Morgan fingerprint density at radius 1 is 0.833 bits per heavy atom. The molecule has 0 aliphatic carbocycles. The van der Waals surface area contributed by atoms with Gasteiger partial charge in [-0.2, -0.15) is 13.2 Å². The predicted octanol–water partition coefficient (Wildman–Crippen LogP) is 1.40. The van der Waals surface area contributed by atoms with Crippen molar-refractivity contribution in [3.8, 4) is 0 Å². The molecule has 1 atom stereocenters. The molecule has 3 N–H and O–H groups in total. The summed E-state index contributed by atoms with van der Waals surface area (Å²) in [7, 11) is 0. The number of quaternary nitrogens is 2. The Bertz CT molecular complexity index is 659. The highest BCUT2D eigenvalue weighted by Gasteiger charge is 2.32. The van der Waals surface area contributed by atoms with E-state index in [1.54, 1.807) is 24.3 Å². The maximum Gasteiger partial charge on any atom is 0.416 e. The van der Waals surface area contributed by atoms with E-state index in [1.165, 1.54) is 17.0 Å². The summed E-state index contributed by atoms with van der Waals surface area (Å²) in [5, 5.41) is 2.23. The molecule has 2 aromatic carbocycles. The van der Waals surface area contributed by atoms with Gasteiger partial charge in [0.1, 0.15) is 38.0 Å². The van der Waals surface area contributed by atoms with Gasteiger partial charge >= 0.3 is 6.18 Å². The predicted molar refractivity (Wildman–Crippen MR) is 82.0 cm³/mol. The second kappa shape index (κ2) is 6.91. The highest BCUT2D eigenvalue weighted by molar-refractivity contribution is 5.32. The van der Waals surface area contributed by atoms with Crippen LogP contribution in [0, 0.1) is 5.82 Å². The summed E-state index contributed by atoms with van der Waals surface area (Å²) in [6.45, 7) is 3.80. The summed E-state index contributed by atoms with van der Waals surface area (Å²) in [5.41, 5.74) is 1.10. The second-order valence-electron chi connectivity index (χ2n) is 6.13. The van der Waals surface area contributed by atoms with Gasteiger partial charge in [-0.1, -0.05) is 12.1 Å². The number of halogens is 4. The molecule has 0 spiro atoms. The van der Waals surface area contributed by atoms with Gasteiger partial charge in [-0.25, -0.2) is 4.39 Å². The Morgan fingerprint density at radius 2 is 1.33 bits per heavy atom. The molecule has 24 heavy (non-hydrogen) atoms. The van der Waals surface area contributed by atoms with E-state index < -0.39 is 11.7 Å². The van der Waals surface area contributed by atoms with Crippen molar-refractivity contribution in [1.29, 1.82) is 0 Å². The van der Waals surface area contributed by atoms with Crippen molar-refractivity contribution in [1.82, 2.24) is 0 Å². The quantitative estimate of drug-likeness (QED) is 0.789. The molecule has 0 bridgehead atoms. The molecule has 1 aliphatic rings. The third-order valence-electron chi connectivity index (χ3n) is 4.52. The number of alkyl halides is 3. The Kier molecular flexibility index (Phi) is 4.87. The topological polar surface area (TPSA) is 21.1 Å². The van der Waals surface area contributed by atoms with E-state index in [-0.39, 0.29) is 11.9 Å². The van der Waals surface area contributed by atoms with Crippen molar-refractivity contribution in [3.63, 3.8) is 0 Å². The number of piperazine rings is 1. The van der Waals surface area contributed by atoms with E-state index in [0.29, 0.717) is 0 Å². The number of rotatable bonds is 3. The molecule has 1 heterocycles. The van der Waals surface area contributed by atoms with Gasteiger partial charge in [0.2, 0.25) is 0 Å². The van der Waals surface area contributed by atoms with Gasteiger partial charge < -0.3 is 10.2 Å². The fourth-order valence-corrected chi connectivity index (χ4v) is 3.32. The number of hydrogen-bond acceptors (Lipinski definition) is 0. The molecule has 6 heteroatoms. The second-order valence-corrected chi connectivity index (χ2v) is 6.13. The SMILES string of the molecule is Fc1ccc([C@@H](c2ccc(C(F)(F)F)cc2)[NH+]2CC[NH2+]CC2)cc1. The van der Waals surface area contributed by atoms with Crippen LogP contribution in [0.5, 0.6) is 0 Å².